The molecule has 0 aromatic carbocycles. The van der Waals surface area contributed by atoms with Gasteiger partial charge < -0.3 is 15.5 Å². The van der Waals surface area contributed by atoms with Gasteiger partial charge in [-0.2, -0.15) is 0 Å². The smallest absolute Gasteiger partial charge is 0.310 e. The van der Waals surface area contributed by atoms with E-state index < -0.39 is 17.5 Å². The Morgan fingerprint density at radius 3 is 2.19 bits per heavy atom. The van der Waals surface area contributed by atoms with Crippen LogP contribution in [0, 0.1) is 5.41 Å². The van der Waals surface area contributed by atoms with E-state index in [1.165, 1.54) is 0 Å². The average Bonchev–Trinajstić information content (AvgIpc) is 2.68. The molecule has 0 unspecified atom stereocenters. The molecular weight excluding hydrogens is 270 g/mol. The summed E-state index contributed by atoms with van der Waals surface area (Å²) in [6.07, 6.45) is 8.10. The highest BCUT2D eigenvalue weighted by Gasteiger charge is 2.41. The van der Waals surface area contributed by atoms with Gasteiger partial charge >= 0.3 is 5.97 Å². The maximum atomic E-state index is 12.3. The summed E-state index contributed by atoms with van der Waals surface area (Å²) in [6.45, 7) is 0. The molecule has 2 rings (SSSR count). The highest BCUT2D eigenvalue weighted by Crippen LogP contribution is 2.38. The second kappa shape index (κ2) is 7.25. The quantitative estimate of drug-likeness (QED) is 0.694. The van der Waals surface area contributed by atoms with E-state index in [2.05, 4.69) is 5.32 Å². The van der Waals surface area contributed by atoms with Crippen LogP contribution >= 0.6 is 0 Å². The molecule has 0 heterocycles. The van der Waals surface area contributed by atoms with Crippen molar-refractivity contribution in [1.29, 1.82) is 0 Å². The van der Waals surface area contributed by atoms with Crippen LogP contribution in [0.5, 0.6) is 0 Å². The lowest BCUT2D eigenvalue weighted by Crippen LogP contribution is -2.47. The minimum atomic E-state index is -0.903. The van der Waals surface area contributed by atoms with Crippen molar-refractivity contribution in [3.05, 3.63) is 0 Å². The molecule has 21 heavy (non-hydrogen) atoms. The zero-order chi connectivity index (χ0) is 15.3. The summed E-state index contributed by atoms with van der Waals surface area (Å²) in [5.74, 6) is -1.06. The van der Waals surface area contributed by atoms with Gasteiger partial charge in [0.2, 0.25) is 5.91 Å². The lowest BCUT2D eigenvalue weighted by atomic mass is 9.77. The zero-order valence-electron chi connectivity index (χ0n) is 12.6. The number of hydrogen-bond acceptors (Lipinski definition) is 3. The first-order chi connectivity index (χ1) is 10.0. The van der Waals surface area contributed by atoms with Crippen LogP contribution in [-0.2, 0) is 9.59 Å². The Balaban J connectivity index is 1.96. The molecular formula is C16H27NO4. The number of amides is 1. The van der Waals surface area contributed by atoms with Crippen molar-refractivity contribution in [1.82, 2.24) is 5.32 Å². The van der Waals surface area contributed by atoms with Gasteiger partial charge in [0, 0.05) is 6.42 Å². The van der Waals surface area contributed by atoms with Gasteiger partial charge in [-0.1, -0.05) is 38.5 Å². The molecule has 0 saturated heterocycles. The molecule has 2 fully saturated rings. The number of rotatable bonds is 4. The molecule has 5 heteroatoms. The molecule has 120 valence electrons. The molecule has 0 aromatic rings. The zero-order valence-corrected chi connectivity index (χ0v) is 12.6. The maximum Gasteiger partial charge on any atom is 0.310 e. The van der Waals surface area contributed by atoms with Gasteiger partial charge in [-0.15, -0.1) is 0 Å². The predicted molar refractivity (Wildman–Crippen MR) is 78.8 cm³/mol. The number of carbonyl (C=O) groups excluding carboxylic acids is 1. The van der Waals surface area contributed by atoms with Crippen molar-refractivity contribution < 1.29 is 19.8 Å². The SMILES string of the molecule is O=C(CC1(C(=O)O)CCCCCC1)N[C@H]1CCCC[C@@H]1O. The molecule has 2 saturated carbocycles. The Bertz CT molecular complexity index is 374. The summed E-state index contributed by atoms with van der Waals surface area (Å²) in [5, 5.41) is 22.4. The Kier molecular flexibility index (Phi) is 5.62. The largest absolute Gasteiger partial charge is 0.481 e. The van der Waals surface area contributed by atoms with Crippen LogP contribution in [0.25, 0.3) is 0 Å². The van der Waals surface area contributed by atoms with Gasteiger partial charge in [0.1, 0.15) is 0 Å². The average molecular weight is 297 g/mol. The third-order valence-corrected chi connectivity index (χ3v) is 5.09. The Labute approximate surface area is 126 Å². The third kappa shape index (κ3) is 4.19. The number of aliphatic hydroxyl groups is 1. The summed E-state index contributed by atoms with van der Waals surface area (Å²) in [7, 11) is 0. The van der Waals surface area contributed by atoms with Crippen LogP contribution < -0.4 is 5.32 Å². The molecule has 3 N–H and O–H groups in total. The number of hydrogen-bond donors (Lipinski definition) is 3. The monoisotopic (exact) mass is 297 g/mol. The van der Waals surface area contributed by atoms with E-state index in [1.807, 2.05) is 0 Å². The van der Waals surface area contributed by atoms with Gasteiger partial charge in [0.05, 0.1) is 17.6 Å². The number of carboxylic acid groups (broad SMARTS) is 1. The molecule has 0 bridgehead atoms. The second-order valence-corrected chi connectivity index (χ2v) is 6.70. The lowest BCUT2D eigenvalue weighted by molar-refractivity contribution is -0.153. The van der Waals surface area contributed by atoms with Crippen LogP contribution in [-0.4, -0.2) is 34.2 Å². The second-order valence-electron chi connectivity index (χ2n) is 6.70. The van der Waals surface area contributed by atoms with Crippen LogP contribution in [0.15, 0.2) is 0 Å². The highest BCUT2D eigenvalue weighted by atomic mass is 16.4. The fourth-order valence-corrected chi connectivity index (χ4v) is 3.72. The number of aliphatic carboxylic acids is 1. The minimum absolute atomic E-state index is 0.0472. The van der Waals surface area contributed by atoms with E-state index in [0.29, 0.717) is 12.8 Å². The number of aliphatic hydroxyl groups excluding tert-OH is 1. The molecule has 0 aliphatic heterocycles. The minimum Gasteiger partial charge on any atom is -0.481 e. The summed E-state index contributed by atoms with van der Waals surface area (Å²) < 4.78 is 0. The molecule has 0 aromatic heterocycles. The van der Waals surface area contributed by atoms with Gasteiger partial charge in [-0.05, 0) is 25.7 Å². The summed E-state index contributed by atoms with van der Waals surface area (Å²) in [4.78, 5) is 24.0. The topological polar surface area (TPSA) is 86.6 Å². The first-order valence-corrected chi connectivity index (χ1v) is 8.24. The fraction of sp³-hybridized carbons (Fsp3) is 0.875. The van der Waals surface area contributed by atoms with E-state index >= 15 is 0 Å². The Morgan fingerprint density at radius 1 is 1.00 bits per heavy atom. The first-order valence-electron chi connectivity index (χ1n) is 8.24. The third-order valence-electron chi connectivity index (χ3n) is 5.09. The Morgan fingerprint density at radius 2 is 1.62 bits per heavy atom. The van der Waals surface area contributed by atoms with E-state index in [-0.39, 0.29) is 18.4 Å². The standard InChI is InChI=1S/C16H27NO4/c18-13-8-4-3-7-12(13)17-14(19)11-16(15(20)21)9-5-1-2-6-10-16/h12-13,18H,1-11H2,(H,17,19)(H,20,21)/t12-,13-/m0/s1. The van der Waals surface area contributed by atoms with E-state index in [4.69, 9.17) is 0 Å². The summed E-state index contributed by atoms with van der Waals surface area (Å²) in [6, 6.07) is -0.206. The normalized spacial score (nSPS) is 29.4. The van der Waals surface area contributed by atoms with Crippen molar-refractivity contribution in [2.45, 2.75) is 82.8 Å². The molecule has 0 radical (unpaired) electrons. The lowest BCUT2D eigenvalue weighted by Gasteiger charge is -2.31. The van der Waals surface area contributed by atoms with Crippen LogP contribution in [0.3, 0.4) is 0 Å². The first kappa shape index (κ1) is 16.3. The van der Waals surface area contributed by atoms with Crippen molar-refractivity contribution in [2.24, 2.45) is 5.41 Å². The van der Waals surface area contributed by atoms with Crippen LogP contribution in [0.2, 0.25) is 0 Å². The number of nitrogens with one attached hydrogen (secondary N) is 1. The van der Waals surface area contributed by atoms with Gasteiger partial charge in [-0.25, -0.2) is 0 Å². The molecule has 2 aliphatic carbocycles. The number of carbonyl (C=O) groups is 2. The van der Waals surface area contributed by atoms with E-state index in [1.54, 1.807) is 0 Å². The van der Waals surface area contributed by atoms with Crippen LogP contribution in [0.1, 0.15) is 70.6 Å². The summed E-state index contributed by atoms with van der Waals surface area (Å²) in [5.41, 5.74) is -0.903. The van der Waals surface area contributed by atoms with Crippen molar-refractivity contribution in [3.63, 3.8) is 0 Å². The molecule has 0 spiro atoms. The summed E-state index contributed by atoms with van der Waals surface area (Å²) >= 11 is 0. The molecule has 1 amide bonds. The van der Waals surface area contributed by atoms with Crippen molar-refractivity contribution in [3.8, 4) is 0 Å². The van der Waals surface area contributed by atoms with E-state index in [0.717, 1.165) is 51.4 Å². The van der Waals surface area contributed by atoms with E-state index in [9.17, 15) is 19.8 Å². The predicted octanol–water partition coefficient (Wildman–Crippen LogP) is 2.22. The number of carboxylic acids is 1. The molecule has 2 aliphatic rings. The maximum absolute atomic E-state index is 12.3. The van der Waals surface area contributed by atoms with Crippen molar-refractivity contribution >= 4 is 11.9 Å². The molecule has 5 nitrogen and oxygen atoms in total. The van der Waals surface area contributed by atoms with Gasteiger partial charge in [0.25, 0.3) is 0 Å². The molecule has 2 atom stereocenters. The highest BCUT2D eigenvalue weighted by molar-refractivity contribution is 5.85. The van der Waals surface area contributed by atoms with Gasteiger partial charge in [0.15, 0.2) is 0 Å². The fourth-order valence-electron chi connectivity index (χ4n) is 3.72. The van der Waals surface area contributed by atoms with Crippen molar-refractivity contribution in [2.75, 3.05) is 0 Å². The van der Waals surface area contributed by atoms with Gasteiger partial charge in [-0.3, -0.25) is 9.59 Å². The van der Waals surface area contributed by atoms with Crippen LogP contribution in [0.4, 0.5) is 0 Å². The Hall–Kier alpha value is -1.10.